The first-order valence-corrected chi connectivity index (χ1v) is 7.07. The molecule has 0 radical (unpaired) electrons. The molecule has 21 heavy (non-hydrogen) atoms. The molecular weight excluding hydrogens is 303 g/mol. The Bertz CT molecular complexity index is 885. The molecule has 0 atom stereocenters. The molecule has 0 spiro atoms. The van der Waals surface area contributed by atoms with Gasteiger partial charge in [0.05, 0.1) is 21.7 Å². The van der Waals surface area contributed by atoms with Gasteiger partial charge < -0.3 is 4.98 Å². The average molecular weight is 313 g/mol. The predicted octanol–water partition coefficient (Wildman–Crippen LogP) is 5.54. The van der Waals surface area contributed by atoms with Crippen LogP contribution in [-0.4, -0.2) is 4.98 Å². The molecule has 4 heteroatoms. The summed E-state index contributed by atoms with van der Waals surface area (Å²) in [4.78, 5) is 3.13. The number of hydrogen-bond donors (Lipinski definition) is 1. The molecule has 0 bridgehead atoms. The van der Waals surface area contributed by atoms with E-state index in [1.165, 1.54) is 0 Å². The zero-order chi connectivity index (χ0) is 14.8. The van der Waals surface area contributed by atoms with E-state index < -0.39 is 0 Å². The molecule has 0 aliphatic rings. The molecule has 3 aromatic rings. The second-order valence-electron chi connectivity index (χ2n) is 4.62. The molecule has 1 heterocycles. The topological polar surface area (TPSA) is 39.6 Å². The van der Waals surface area contributed by atoms with Gasteiger partial charge in [0, 0.05) is 11.7 Å². The Balaban J connectivity index is 2.06. The summed E-state index contributed by atoms with van der Waals surface area (Å²) in [6, 6.07) is 15.4. The van der Waals surface area contributed by atoms with Gasteiger partial charge in [0.25, 0.3) is 0 Å². The maximum absolute atomic E-state index is 9.40. The second kappa shape index (κ2) is 5.65. The summed E-state index contributed by atoms with van der Waals surface area (Å²) in [5, 5.41) is 11.5. The number of halogens is 2. The second-order valence-corrected chi connectivity index (χ2v) is 5.44. The van der Waals surface area contributed by atoms with Gasteiger partial charge in [-0.25, -0.2) is 0 Å². The summed E-state index contributed by atoms with van der Waals surface area (Å²) in [7, 11) is 0. The highest BCUT2D eigenvalue weighted by Crippen LogP contribution is 2.26. The molecule has 1 aromatic heterocycles. The van der Waals surface area contributed by atoms with Crippen molar-refractivity contribution in [1.29, 1.82) is 5.26 Å². The van der Waals surface area contributed by atoms with Crippen molar-refractivity contribution in [2.45, 2.75) is 0 Å². The van der Waals surface area contributed by atoms with Gasteiger partial charge in [-0.1, -0.05) is 35.3 Å². The fraction of sp³-hybridized carbons (Fsp3) is 0. The monoisotopic (exact) mass is 312 g/mol. The van der Waals surface area contributed by atoms with E-state index in [1.807, 2.05) is 36.5 Å². The molecule has 1 N–H and O–H groups in total. The molecule has 0 aliphatic carbocycles. The third kappa shape index (κ3) is 2.80. The van der Waals surface area contributed by atoms with Crippen LogP contribution in [0.4, 0.5) is 0 Å². The van der Waals surface area contributed by atoms with Crippen molar-refractivity contribution in [3.63, 3.8) is 0 Å². The van der Waals surface area contributed by atoms with Crippen LogP contribution in [0.1, 0.15) is 11.1 Å². The maximum Gasteiger partial charge on any atom is 0.0998 e. The normalized spacial score (nSPS) is 11.6. The number of nitriles is 1. The SMILES string of the molecule is N#CC(=Cc1ccc(Cl)c(Cl)c1)c1ccc2[nH]ccc2c1. The van der Waals surface area contributed by atoms with Crippen molar-refractivity contribution in [3.05, 3.63) is 69.8 Å². The van der Waals surface area contributed by atoms with Crippen LogP contribution in [-0.2, 0) is 0 Å². The van der Waals surface area contributed by atoms with E-state index in [9.17, 15) is 5.26 Å². The summed E-state index contributed by atoms with van der Waals surface area (Å²) in [6.45, 7) is 0. The van der Waals surface area contributed by atoms with Crippen LogP contribution >= 0.6 is 23.2 Å². The minimum absolute atomic E-state index is 0.476. The van der Waals surface area contributed by atoms with Crippen molar-refractivity contribution < 1.29 is 0 Å². The highest BCUT2D eigenvalue weighted by atomic mass is 35.5. The molecular formula is C17H10Cl2N2. The van der Waals surface area contributed by atoms with Crippen molar-refractivity contribution in [2.24, 2.45) is 0 Å². The van der Waals surface area contributed by atoms with Gasteiger partial charge in [-0.2, -0.15) is 5.26 Å². The van der Waals surface area contributed by atoms with Gasteiger partial charge in [-0.15, -0.1) is 0 Å². The quantitative estimate of drug-likeness (QED) is 0.490. The van der Waals surface area contributed by atoms with Gasteiger partial charge in [0.1, 0.15) is 0 Å². The van der Waals surface area contributed by atoms with Crippen molar-refractivity contribution in [1.82, 2.24) is 4.98 Å². The van der Waals surface area contributed by atoms with Gasteiger partial charge in [0.2, 0.25) is 0 Å². The highest BCUT2D eigenvalue weighted by molar-refractivity contribution is 6.42. The Morgan fingerprint density at radius 2 is 1.90 bits per heavy atom. The van der Waals surface area contributed by atoms with Crippen LogP contribution in [0.2, 0.25) is 10.0 Å². The van der Waals surface area contributed by atoms with Crippen molar-refractivity contribution in [2.75, 3.05) is 0 Å². The molecule has 0 unspecified atom stereocenters. The Morgan fingerprint density at radius 3 is 2.67 bits per heavy atom. The lowest BCUT2D eigenvalue weighted by molar-refractivity contribution is 1.47. The Morgan fingerprint density at radius 1 is 1.05 bits per heavy atom. The molecule has 0 fully saturated rings. The Labute approximate surface area is 132 Å². The number of benzene rings is 2. The fourth-order valence-corrected chi connectivity index (χ4v) is 2.48. The molecule has 3 rings (SSSR count). The number of allylic oxidation sites excluding steroid dienone is 1. The first-order chi connectivity index (χ1) is 10.2. The first-order valence-electron chi connectivity index (χ1n) is 6.32. The van der Waals surface area contributed by atoms with E-state index in [4.69, 9.17) is 23.2 Å². The maximum atomic E-state index is 9.40. The summed E-state index contributed by atoms with van der Waals surface area (Å²) < 4.78 is 0. The first kappa shape index (κ1) is 13.8. The number of aromatic amines is 1. The molecule has 0 saturated heterocycles. The number of aromatic nitrogens is 1. The largest absolute Gasteiger partial charge is 0.361 e. The predicted molar refractivity (Wildman–Crippen MR) is 88.2 cm³/mol. The van der Waals surface area contributed by atoms with Gasteiger partial charge in [0.15, 0.2) is 0 Å². The number of hydrogen-bond acceptors (Lipinski definition) is 1. The number of nitrogens with one attached hydrogen (secondary N) is 1. The van der Waals surface area contributed by atoms with Crippen LogP contribution in [0.3, 0.4) is 0 Å². The van der Waals surface area contributed by atoms with Crippen LogP contribution < -0.4 is 0 Å². The van der Waals surface area contributed by atoms with Gasteiger partial charge in [-0.05, 0) is 52.9 Å². The third-order valence-electron chi connectivity index (χ3n) is 3.24. The third-order valence-corrected chi connectivity index (χ3v) is 3.98. The highest BCUT2D eigenvalue weighted by Gasteiger charge is 2.04. The lowest BCUT2D eigenvalue weighted by Gasteiger charge is -2.02. The smallest absolute Gasteiger partial charge is 0.0998 e. The zero-order valence-electron chi connectivity index (χ0n) is 10.9. The Kier molecular flexibility index (Phi) is 3.70. The van der Waals surface area contributed by atoms with Gasteiger partial charge in [-0.3, -0.25) is 0 Å². The summed E-state index contributed by atoms with van der Waals surface area (Å²) in [5.74, 6) is 0. The minimum Gasteiger partial charge on any atom is -0.361 e. The van der Waals surface area contributed by atoms with Gasteiger partial charge >= 0.3 is 0 Å². The van der Waals surface area contributed by atoms with Crippen LogP contribution in [0.15, 0.2) is 48.7 Å². The lowest BCUT2D eigenvalue weighted by Crippen LogP contribution is -1.83. The minimum atomic E-state index is 0.476. The fourth-order valence-electron chi connectivity index (χ4n) is 2.17. The van der Waals surface area contributed by atoms with E-state index in [0.29, 0.717) is 15.6 Å². The van der Waals surface area contributed by atoms with E-state index in [2.05, 4.69) is 11.1 Å². The molecule has 102 valence electrons. The van der Waals surface area contributed by atoms with Crippen LogP contribution in [0.25, 0.3) is 22.6 Å². The molecule has 0 amide bonds. The lowest BCUT2D eigenvalue weighted by atomic mass is 10.0. The molecule has 2 aromatic carbocycles. The Hall–Kier alpha value is -2.21. The number of fused-ring (bicyclic) bond motifs is 1. The van der Waals surface area contributed by atoms with E-state index in [0.717, 1.165) is 22.0 Å². The average Bonchev–Trinajstić information content (AvgIpc) is 2.95. The summed E-state index contributed by atoms with van der Waals surface area (Å²) in [5.41, 5.74) is 3.34. The van der Waals surface area contributed by atoms with E-state index in [-0.39, 0.29) is 0 Å². The van der Waals surface area contributed by atoms with Crippen molar-refractivity contribution in [3.8, 4) is 6.07 Å². The summed E-state index contributed by atoms with van der Waals surface area (Å²) >= 11 is 11.9. The van der Waals surface area contributed by atoms with E-state index >= 15 is 0 Å². The van der Waals surface area contributed by atoms with Crippen LogP contribution in [0.5, 0.6) is 0 Å². The molecule has 0 aliphatic heterocycles. The van der Waals surface area contributed by atoms with Crippen molar-refractivity contribution >= 4 is 45.8 Å². The number of rotatable bonds is 2. The standard InChI is InChI=1S/C17H10Cl2N2/c18-15-3-1-11(8-16(15)19)7-14(10-20)12-2-4-17-13(9-12)5-6-21-17/h1-9,21H. The molecule has 0 saturated carbocycles. The van der Waals surface area contributed by atoms with Crippen LogP contribution in [0, 0.1) is 11.3 Å². The number of nitrogens with zero attached hydrogens (tertiary/aromatic N) is 1. The summed E-state index contributed by atoms with van der Waals surface area (Å²) in [6.07, 6.45) is 3.68. The number of H-pyrrole nitrogens is 1. The molecule has 2 nitrogen and oxygen atoms in total. The van der Waals surface area contributed by atoms with E-state index in [1.54, 1.807) is 18.2 Å². The zero-order valence-corrected chi connectivity index (χ0v) is 12.4.